The van der Waals surface area contributed by atoms with E-state index in [-0.39, 0.29) is 0 Å². The van der Waals surface area contributed by atoms with E-state index in [1.54, 1.807) is 0 Å². The standard InChI is InChI=1S/C14H28N2O6/c1-2-3-4-5-6-7-15-14(21)16-13-12(20)11(19)10(18)9(8-17)22-13/h9-13,17-20H,2-8H2,1H3,(H2,15,16,21)/t9-,10-,11+,12-,13-/m1/s1. The average molecular weight is 320 g/mol. The van der Waals surface area contributed by atoms with Crippen molar-refractivity contribution in [3.63, 3.8) is 0 Å². The second-order valence-electron chi connectivity index (χ2n) is 5.56. The van der Waals surface area contributed by atoms with Crippen LogP contribution in [0.15, 0.2) is 0 Å². The van der Waals surface area contributed by atoms with Crippen LogP contribution in [0.25, 0.3) is 0 Å². The predicted octanol–water partition coefficient (Wildman–Crippen LogP) is -0.944. The van der Waals surface area contributed by atoms with Crippen molar-refractivity contribution < 1.29 is 30.0 Å². The van der Waals surface area contributed by atoms with Gasteiger partial charge in [0.15, 0.2) is 6.23 Å². The van der Waals surface area contributed by atoms with E-state index in [9.17, 15) is 20.1 Å². The summed E-state index contributed by atoms with van der Waals surface area (Å²) in [4.78, 5) is 11.7. The van der Waals surface area contributed by atoms with Crippen LogP contribution in [0.2, 0.25) is 0 Å². The molecule has 1 rings (SSSR count). The maximum Gasteiger partial charge on any atom is 0.316 e. The normalized spacial score (nSPS) is 31.8. The van der Waals surface area contributed by atoms with Crippen LogP contribution in [0.4, 0.5) is 4.79 Å². The van der Waals surface area contributed by atoms with Gasteiger partial charge in [-0.2, -0.15) is 0 Å². The van der Waals surface area contributed by atoms with E-state index in [0.717, 1.165) is 25.7 Å². The van der Waals surface area contributed by atoms with Crippen LogP contribution in [0.5, 0.6) is 0 Å². The van der Waals surface area contributed by atoms with Crippen LogP contribution in [0.1, 0.15) is 39.0 Å². The van der Waals surface area contributed by atoms with Gasteiger partial charge in [-0.3, -0.25) is 0 Å². The number of hydrogen-bond donors (Lipinski definition) is 6. The van der Waals surface area contributed by atoms with Crippen molar-refractivity contribution in [3.8, 4) is 0 Å². The molecule has 0 aromatic carbocycles. The third-order valence-electron chi connectivity index (χ3n) is 3.73. The minimum Gasteiger partial charge on any atom is -0.394 e. The number of carbonyl (C=O) groups is 1. The molecule has 0 aromatic heterocycles. The van der Waals surface area contributed by atoms with Crippen molar-refractivity contribution >= 4 is 6.03 Å². The molecule has 0 radical (unpaired) electrons. The van der Waals surface area contributed by atoms with Crippen molar-refractivity contribution in [2.45, 2.75) is 69.7 Å². The van der Waals surface area contributed by atoms with Crippen molar-refractivity contribution in [2.24, 2.45) is 0 Å². The molecule has 0 saturated carbocycles. The Morgan fingerprint density at radius 2 is 1.73 bits per heavy atom. The van der Waals surface area contributed by atoms with Crippen molar-refractivity contribution in [1.82, 2.24) is 10.6 Å². The Kier molecular flexibility index (Phi) is 8.66. The maximum absolute atomic E-state index is 11.7. The highest BCUT2D eigenvalue weighted by Gasteiger charge is 2.43. The van der Waals surface area contributed by atoms with Crippen molar-refractivity contribution in [1.29, 1.82) is 0 Å². The second kappa shape index (κ2) is 9.96. The Morgan fingerprint density at radius 3 is 2.36 bits per heavy atom. The number of aliphatic hydroxyl groups is 4. The molecule has 1 saturated heterocycles. The average Bonchev–Trinajstić information content (AvgIpc) is 2.51. The zero-order valence-corrected chi connectivity index (χ0v) is 12.9. The fourth-order valence-electron chi connectivity index (χ4n) is 2.33. The van der Waals surface area contributed by atoms with Gasteiger partial charge in [-0.1, -0.05) is 32.6 Å². The SMILES string of the molecule is CCCCCCCNC(=O)N[C@@H]1O[C@H](CO)[C@@H](O)[C@H](O)[C@H]1O. The molecule has 130 valence electrons. The molecule has 1 heterocycles. The van der Waals surface area contributed by atoms with Gasteiger partial charge in [0.25, 0.3) is 0 Å². The van der Waals surface area contributed by atoms with Crippen LogP contribution in [0.3, 0.4) is 0 Å². The lowest BCUT2D eigenvalue weighted by atomic mass is 9.98. The maximum atomic E-state index is 11.7. The summed E-state index contributed by atoms with van der Waals surface area (Å²) in [6, 6.07) is -0.528. The summed E-state index contributed by atoms with van der Waals surface area (Å²) in [5.74, 6) is 0. The Hall–Kier alpha value is -0.930. The summed E-state index contributed by atoms with van der Waals surface area (Å²) in [6.07, 6.45) is -1.24. The van der Waals surface area contributed by atoms with Crippen LogP contribution in [-0.2, 0) is 4.74 Å². The lowest BCUT2D eigenvalue weighted by Crippen LogP contribution is -2.64. The molecule has 0 unspecified atom stereocenters. The van der Waals surface area contributed by atoms with Gasteiger partial charge in [0, 0.05) is 6.54 Å². The molecule has 0 spiro atoms. The monoisotopic (exact) mass is 320 g/mol. The zero-order chi connectivity index (χ0) is 16.5. The van der Waals surface area contributed by atoms with Crippen LogP contribution in [0, 0.1) is 0 Å². The molecule has 0 aromatic rings. The van der Waals surface area contributed by atoms with Gasteiger partial charge in [0.05, 0.1) is 6.61 Å². The van der Waals surface area contributed by atoms with Crippen LogP contribution < -0.4 is 10.6 Å². The Morgan fingerprint density at radius 1 is 1.05 bits per heavy atom. The summed E-state index contributed by atoms with van der Waals surface area (Å²) in [7, 11) is 0. The van der Waals surface area contributed by atoms with E-state index in [2.05, 4.69) is 17.6 Å². The van der Waals surface area contributed by atoms with E-state index >= 15 is 0 Å². The molecule has 22 heavy (non-hydrogen) atoms. The van der Waals surface area contributed by atoms with E-state index in [0.29, 0.717) is 6.54 Å². The first-order valence-corrected chi connectivity index (χ1v) is 7.86. The molecule has 5 atom stereocenters. The fraction of sp³-hybridized carbons (Fsp3) is 0.929. The minimum absolute atomic E-state index is 0.507. The molecule has 1 aliphatic rings. The lowest BCUT2D eigenvalue weighted by Gasteiger charge is -2.40. The number of unbranched alkanes of at least 4 members (excludes halogenated alkanes) is 4. The van der Waals surface area contributed by atoms with E-state index < -0.39 is 43.3 Å². The summed E-state index contributed by atoms with van der Waals surface area (Å²) < 4.78 is 5.18. The predicted molar refractivity (Wildman–Crippen MR) is 79.1 cm³/mol. The highest BCUT2D eigenvalue weighted by molar-refractivity contribution is 5.74. The molecule has 8 nitrogen and oxygen atoms in total. The van der Waals surface area contributed by atoms with Gasteiger partial charge in [-0.05, 0) is 6.42 Å². The van der Waals surface area contributed by atoms with Crippen LogP contribution in [-0.4, -0.2) is 70.3 Å². The molecule has 0 bridgehead atoms. The quantitative estimate of drug-likeness (QED) is 0.320. The number of urea groups is 1. The molecule has 6 N–H and O–H groups in total. The van der Waals surface area contributed by atoms with E-state index in [4.69, 9.17) is 9.84 Å². The van der Waals surface area contributed by atoms with Crippen molar-refractivity contribution in [2.75, 3.05) is 13.2 Å². The summed E-state index contributed by atoms with van der Waals surface area (Å²) in [5, 5.41) is 43.1. The van der Waals surface area contributed by atoms with Gasteiger partial charge in [0.2, 0.25) is 0 Å². The molecular weight excluding hydrogens is 292 g/mol. The third-order valence-corrected chi connectivity index (χ3v) is 3.73. The van der Waals surface area contributed by atoms with Gasteiger partial charge in [-0.15, -0.1) is 0 Å². The van der Waals surface area contributed by atoms with E-state index in [1.165, 1.54) is 6.42 Å². The molecule has 2 amide bonds. The van der Waals surface area contributed by atoms with E-state index in [1.807, 2.05) is 0 Å². The second-order valence-corrected chi connectivity index (χ2v) is 5.56. The van der Waals surface area contributed by atoms with Gasteiger partial charge in [-0.25, -0.2) is 4.79 Å². The number of hydrogen-bond acceptors (Lipinski definition) is 6. The number of rotatable bonds is 8. The minimum atomic E-state index is -1.50. The van der Waals surface area contributed by atoms with Gasteiger partial charge < -0.3 is 35.8 Å². The summed E-state index contributed by atoms with van der Waals surface area (Å²) in [5.41, 5.74) is 0. The summed E-state index contributed by atoms with van der Waals surface area (Å²) >= 11 is 0. The fourth-order valence-corrected chi connectivity index (χ4v) is 2.33. The third kappa shape index (κ3) is 5.69. The zero-order valence-electron chi connectivity index (χ0n) is 12.9. The Labute approximate surface area is 130 Å². The Bertz CT molecular complexity index is 328. The molecular formula is C14H28N2O6. The number of amides is 2. The number of nitrogens with one attached hydrogen (secondary N) is 2. The molecule has 1 aliphatic heterocycles. The van der Waals surface area contributed by atoms with Gasteiger partial charge in [0.1, 0.15) is 24.4 Å². The largest absolute Gasteiger partial charge is 0.394 e. The number of aliphatic hydroxyl groups excluding tert-OH is 4. The first-order valence-electron chi connectivity index (χ1n) is 7.86. The molecule has 8 heteroatoms. The summed E-state index contributed by atoms with van der Waals surface area (Å²) in [6.45, 7) is 2.11. The number of ether oxygens (including phenoxy) is 1. The smallest absolute Gasteiger partial charge is 0.316 e. The first kappa shape index (κ1) is 19.1. The van der Waals surface area contributed by atoms with Crippen molar-refractivity contribution in [3.05, 3.63) is 0 Å². The number of carbonyl (C=O) groups excluding carboxylic acids is 1. The van der Waals surface area contributed by atoms with Crippen LogP contribution >= 0.6 is 0 Å². The highest BCUT2D eigenvalue weighted by atomic mass is 16.6. The first-order chi connectivity index (χ1) is 10.5. The molecule has 1 fully saturated rings. The topological polar surface area (TPSA) is 131 Å². The van der Waals surface area contributed by atoms with Gasteiger partial charge >= 0.3 is 6.03 Å². The molecule has 0 aliphatic carbocycles. The Balaban J connectivity index is 2.30. The highest BCUT2D eigenvalue weighted by Crippen LogP contribution is 2.19. The lowest BCUT2D eigenvalue weighted by molar-refractivity contribution is -0.233.